The molecule has 1 aromatic heterocycles. The van der Waals surface area contributed by atoms with Crippen LogP contribution in [0.4, 0.5) is 0 Å². The molecule has 1 aromatic rings. The Kier molecular flexibility index (Phi) is 2.84. The second kappa shape index (κ2) is 3.89. The maximum atomic E-state index is 8.53. The molecule has 0 atom stereocenters. The Balaban J connectivity index is 3.20. The molecule has 0 bridgehead atoms. The largest absolute Gasteiger partial charge is 0.409 e. The van der Waals surface area contributed by atoms with Crippen LogP contribution in [-0.4, -0.2) is 16.0 Å². The molecule has 0 aromatic carbocycles. The Hall–Kier alpha value is -1.58. The highest BCUT2D eigenvalue weighted by Crippen LogP contribution is 2.17. The molecule has 1 heterocycles. The van der Waals surface area contributed by atoms with Gasteiger partial charge in [-0.2, -0.15) is 0 Å². The lowest BCUT2D eigenvalue weighted by molar-refractivity contribution is 0.318. The summed E-state index contributed by atoms with van der Waals surface area (Å²) in [6.07, 6.45) is 3.30. The van der Waals surface area contributed by atoms with Gasteiger partial charge in [-0.1, -0.05) is 19.0 Å². The fourth-order valence-electron chi connectivity index (χ4n) is 1.18. The first-order chi connectivity index (χ1) is 6.16. The third-order valence-corrected chi connectivity index (χ3v) is 1.86. The Morgan fingerprint density at radius 3 is 2.85 bits per heavy atom. The van der Waals surface area contributed by atoms with E-state index in [1.54, 1.807) is 12.4 Å². The van der Waals surface area contributed by atoms with Crippen LogP contribution in [0.3, 0.4) is 0 Å². The van der Waals surface area contributed by atoms with Gasteiger partial charge >= 0.3 is 0 Å². The molecule has 13 heavy (non-hydrogen) atoms. The monoisotopic (exact) mass is 179 g/mol. The SMILES string of the molecule is CC(C)c1ccncc1/C(N)=N\O. The van der Waals surface area contributed by atoms with E-state index in [1.165, 1.54) is 0 Å². The molecule has 0 saturated carbocycles. The van der Waals surface area contributed by atoms with Crippen molar-refractivity contribution >= 4 is 5.84 Å². The molecule has 0 radical (unpaired) electrons. The minimum Gasteiger partial charge on any atom is -0.409 e. The molecule has 0 unspecified atom stereocenters. The number of nitrogens with zero attached hydrogens (tertiary/aromatic N) is 2. The van der Waals surface area contributed by atoms with Crippen molar-refractivity contribution in [2.45, 2.75) is 19.8 Å². The van der Waals surface area contributed by atoms with Gasteiger partial charge in [-0.25, -0.2) is 0 Å². The predicted octanol–water partition coefficient (Wildman–Crippen LogP) is 1.30. The van der Waals surface area contributed by atoms with E-state index >= 15 is 0 Å². The Morgan fingerprint density at radius 1 is 1.62 bits per heavy atom. The van der Waals surface area contributed by atoms with Crippen molar-refractivity contribution in [2.24, 2.45) is 10.9 Å². The van der Waals surface area contributed by atoms with Crippen LogP contribution >= 0.6 is 0 Å². The molecule has 0 aliphatic rings. The van der Waals surface area contributed by atoms with E-state index in [9.17, 15) is 0 Å². The van der Waals surface area contributed by atoms with Gasteiger partial charge in [0.15, 0.2) is 5.84 Å². The summed E-state index contributed by atoms with van der Waals surface area (Å²) in [7, 11) is 0. The molecule has 70 valence electrons. The predicted molar refractivity (Wildman–Crippen MR) is 50.8 cm³/mol. The lowest BCUT2D eigenvalue weighted by Gasteiger charge is -2.09. The second-order valence-electron chi connectivity index (χ2n) is 3.10. The maximum Gasteiger partial charge on any atom is 0.171 e. The van der Waals surface area contributed by atoms with E-state index < -0.39 is 0 Å². The second-order valence-corrected chi connectivity index (χ2v) is 3.10. The number of amidine groups is 1. The highest BCUT2D eigenvalue weighted by molar-refractivity contribution is 5.98. The third-order valence-electron chi connectivity index (χ3n) is 1.86. The van der Waals surface area contributed by atoms with Gasteiger partial charge in [0.25, 0.3) is 0 Å². The van der Waals surface area contributed by atoms with Crippen molar-refractivity contribution in [1.82, 2.24) is 4.98 Å². The van der Waals surface area contributed by atoms with E-state index in [0.29, 0.717) is 11.5 Å². The number of pyridine rings is 1. The summed E-state index contributed by atoms with van der Waals surface area (Å²) in [6, 6.07) is 1.87. The number of hydrogen-bond donors (Lipinski definition) is 2. The van der Waals surface area contributed by atoms with Crippen LogP contribution in [-0.2, 0) is 0 Å². The highest BCUT2D eigenvalue weighted by atomic mass is 16.4. The molecule has 3 N–H and O–H groups in total. The Morgan fingerprint density at radius 2 is 2.31 bits per heavy atom. The number of rotatable bonds is 2. The summed E-state index contributed by atoms with van der Waals surface area (Å²) < 4.78 is 0. The first kappa shape index (κ1) is 9.51. The third kappa shape index (κ3) is 1.96. The number of aromatic nitrogens is 1. The first-order valence-corrected chi connectivity index (χ1v) is 4.08. The van der Waals surface area contributed by atoms with Gasteiger partial charge in [-0.15, -0.1) is 0 Å². The van der Waals surface area contributed by atoms with E-state index in [2.05, 4.69) is 10.1 Å². The topological polar surface area (TPSA) is 71.5 Å². The number of hydrogen-bond acceptors (Lipinski definition) is 3. The lowest BCUT2D eigenvalue weighted by Crippen LogP contribution is -2.16. The van der Waals surface area contributed by atoms with Gasteiger partial charge in [0, 0.05) is 18.0 Å². The molecular weight excluding hydrogens is 166 g/mol. The molecule has 0 fully saturated rings. The summed E-state index contributed by atoms with van der Waals surface area (Å²) in [4.78, 5) is 3.92. The summed E-state index contributed by atoms with van der Waals surface area (Å²) in [5.41, 5.74) is 7.22. The van der Waals surface area contributed by atoms with Gasteiger partial charge < -0.3 is 10.9 Å². The van der Waals surface area contributed by atoms with Crippen molar-refractivity contribution < 1.29 is 5.21 Å². The molecule has 1 rings (SSSR count). The first-order valence-electron chi connectivity index (χ1n) is 4.08. The summed E-state index contributed by atoms with van der Waals surface area (Å²) in [5, 5.41) is 11.5. The summed E-state index contributed by atoms with van der Waals surface area (Å²) >= 11 is 0. The van der Waals surface area contributed by atoms with E-state index in [0.717, 1.165) is 5.56 Å². The smallest absolute Gasteiger partial charge is 0.171 e. The summed E-state index contributed by atoms with van der Waals surface area (Å²) in [5.74, 6) is 0.440. The van der Waals surface area contributed by atoms with Gasteiger partial charge in [-0.05, 0) is 17.5 Å². The number of nitrogens with two attached hydrogens (primary N) is 1. The Labute approximate surface area is 77.1 Å². The van der Waals surface area contributed by atoms with Crippen LogP contribution in [0.5, 0.6) is 0 Å². The molecule has 0 saturated heterocycles. The van der Waals surface area contributed by atoms with Crippen molar-refractivity contribution in [2.75, 3.05) is 0 Å². The van der Waals surface area contributed by atoms with Gasteiger partial charge in [0.05, 0.1) is 0 Å². The van der Waals surface area contributed by atoms with Crippen molar-refractivity contribution in [3.8, 4) is 0 Å². The van der Waals surface area contributed by atoms with Crippen LogP contribution in [0.15, 0.2) is 23.6 Å². The highest BCUT2D eigenvalue weighted by Gasteiger charge is 2.09. The van der Waals surface area contributed by atoms with Gasteiger partial charge in [-0.3, -0.25) is 4.98 Å². The average molecular weight is 179 g/mol. The van der Waals surface area contributed by atoms with Crippen LogP contribution in [0.1, 0.15) is 30.9 Å². The minimum atomic E-state index is 0.108. The average Bonchev–Trinajstić information content (AvgIpc) is 2.16. The molecule has 0 aliphatic heterocycles. The van der Waals surface area contributed by atoms with Crippen molar-refractivity contribution in [1.29, 1.82) is 0 Å². The van der Waals surface area contributed by atoms with Gasteiger partial charge in [0.1, 0.15) is 0 Å². The fraction of sp³-hybridized carbons (Fsp3) is 0.333. The van der Waals surface area contributed by atoms with Crippen LogP contribution in [0.25, 0.3) is 0 Å². The van der Waals surface area contributed by atoms with Crippen LogP contribution in [0.2, 0.25) is 0 Å². The molecule has 4 heteroatoms. The number of oxime groups is 1. The minimum absolute atomic E-state index is 0.108. The summed E-state index contributed by atoms with van der Waals surface area (Å²) in [6.45, 7) is 4.09. The fourth-order valence-corrected chi connectivity index (χ4v) is 1.18. The molecule has 4 nitrogen and oxygen atoms in total. The Bertz CT molecular complexity index is 320. The van der Waals surface area contributed by atoms with E-state index in [-0.39, 0.29) is 5.84 Å². The van der Waals surface area contributed by atoms with Crippen molar-refractivity contribution in [3.05, 3.63) is 29.6 Å². The van der Waals surface area contributed by atoms with Crippen LogP contribution in [0, 0.1) is 0 Å². The normalized spacial score (nSPS) is 12.1. The maximum absolute atomic E-state index is 8.53. The van der Waals surface area contributed by atoms with Gasteiger partial charge in [0.2, 0.25) is 0 Å². The molecular formula is C9H13N3O. The zero-order chi connectivity index (χ0) is 9.84. The zero-order valence-corrected chi connectivity index (χ0v) is 7.73. The van der Waals surface area contributed by atoms with E-state index in [4.69, 9.17) is 10.9 Å². The molecule has 0 spiro atoms. The lowest BCUT2D eigenvalue weighted by atomic mass is 9.99. The molecule has 0 amide bonds. The quantitative estimate of drug-likeness (QED) is 0.311. The van der Waals surface area contributed by atoms with Crippen molar-refractivity contribution in [3.63, 3.8) is 0 Å². The van der Waals surface area contributed by atoms with E-state index in [1.807, 2.05) is 19.9 Å². The zero-order valence-electron chi connectivity index (χ0n) is 7.73. The molecule has 0 aliphatic carbocycles. The van der Waals surface area contributed by atoms with Crippen LogP contribution < -0.4 is 5.73 Å². The standard InChI is InChI=1S/C9H13N3O/c1-6(2)7-3-4-11-5-8(7)9(10)12-13/h3-6,13H,1-2H3,(H2,10,12).